The van der Waals surface area contributed by atoms with Gasteiger partial charge >= 0.3 is 0 Å². The van der Waals surface area contributed by atoms with Crippen LogP contribution in [-0.2, 0) is 12.8 Å². The maximum Gasteiger partial charge on any atom is 0.196 e. The van der Waals surface area contributed by atoms with E-state index < -0.39 is 0 Å². The zero-order valence-electron chi connectivity index (χ0n) is 17.1. The van der Waals surface area contributed by atoms with Gasteiger partial charge in [-0.3, -0.25) is 9.59 Å². The lowest BCUT2D eigenvalue weighted by Gasteiger charge is -2.17. The standard InChI is InChI=1S/C23H26N4O2/c1-24-10-8-14-12-25-18-6-4-16(22(28)20(14)18)17-5-7-19-21(23(17)29)15(13-26-19)9-11-27(2)3/h4-7,12-13,24-26H,8-11H2,1-3H3. The number of hydrogen-bond acceptors (Lipinski definition) is 4. The normalized spacial score (nSPS) is 17.9. The predicted octanol–water partition coefficient (Wildman–Crippen LogP) is 2.62. The van der Waals surface area contributed by atoms with E-state index >= 15 is 0 Å². The molecule has 29 heavy (non-hydrogen) atoms. The number of ketones is 2. The molecular weight excluding hydrogens is 364 g/mol. The molecule has 0 aromatic carbocycles. The lowest BCUT2D eigenvalue weighted by Crippen LogP contribution is -2.19. The number of carbonyl (C=O) groups is 2. The molecule has 6 heteroatoms. The molecule has 2 aromatic rings. The summed E-state index contributed by atoms with van der Waals surface area (Å²) >= 11 is 0. The van der Waals surface area contributed by atoms with Gasteiger partial charge in [-0.15, -0.1) is 0 Å². The predicted molar refractivity (Wildman–Crippen MR) is 115 cm³/mol. The Hall–Kier alpha value is -2.96. The van der Waals surface area contributed by atoms with Crippen molar-refractivity contribution in [2.24, 2.45) is 0 Å². The molecule has 3 N–H and O–H groups in total. The second-order valence-corrected chi connectivity index (χ2v) is 7.76. The Bertz CT molecular complexity index is 1060. The Morgan fingerprint density at radius 1 is 0.828 bits per heavy atom. The molecule has 2 aliphatic rings. The molecule has 0 radical (unpaired) electrons. The van der Waals surface area contributed by atoms with E-state index in [1.54, 1.807) is 12.2 Å². The third-order valence-corrected chi connectivity index (χ3v) is 5.52. The molecular formula is C23H26N4O2. The first-order valence-corrected chi connectivity index (χ1v) is 9.91. The number of fused-ring (bicyclic) bond motifs is 2. The highest BCUT2D eigenvalue weighted by Crippen LogP contribution is 2.32. The minimum atomic E-state index is -0.0864. The van der Waals surface area contributed by atoms with E-state index in [0.717, 1.165) is 48.4 Å². The zero-order chi connectivity index (χ0) is 20.5. The molecule has 0 saturated carbocycles. The van der Waals surface area contributed by atoms with Crippen molar-refractivity contribution in [3.63, 3.8) is 0 Å². The number of aromatic amines is 2. The SMILES string of the molecule is CNCCc1c[nH]c2c1C(=O)C(=C1C=Cc3[nH]cc(CCN(C)C)c3C1=O)C=C2. The molecule has 0 atom stereocenters. The number of hydrogen-bond donors (Lipinski definition) is 3. The average molecular weight is 390 g/mol. The van der Waals surface area contributed by atoms with Crippen LogP contribution in [0.4, 0.5) is 0 Å². The first kappa shape index (κ1) is 19.4. The number of nitrogens with zero attached hydrogens (tertiary/aromatic N) is 1. The summed E-state index contributed by atoms with van der Waals surface area (Å²) in [6.07, 6.45) is 12.6. The van der Waals surface area contributed by atoms with Crippen LogP contribution in [-0.4, -0.2) is 60.7 Å². The molecule has 0 bridgehead atoms. The van der Waals surface area contributed by atoms with E-state index in [4.69, 9.17) is 0 Å². The van der Waals surface area contributed by atoms with E-state index in [9.17, 15) is 9.59 Å². The van der Waals surface area contributed by atoms with Crippen LogP contribution in [0.2, 0.25) is 0 Å². The topological polar surface area (TPSA) is 81.0 Å². The van der Waals surface area contributed by atoms with Crippen molar-refractivity contribution in [1.29, 1.82) is 0 Å². The van der Waals surface area contributed by atoms with E-state index in [1.165, 1.54) is 0 Å². The van der Waals surface area contributed by atoms with Crippen LogP contribution in [0.3, 0.4) is 0 Å². The highest BCUT2D eigenvalue weighted by Gasteiger charge is 2.30. The maximum absolute atomic E-state index is 13.3. The van der Waals surface area contributed by atoms with Crippen molar-refractivity contribution >= 4 is 23.7 Å². The van der Waals surface area contributed by atoms with Gasteiger partial charge in [0.25, 0.3) is 0 Å². The first-order valence-electron chi connectivity index (χ1n) is 9.91. The Balaban J connectivity index is 1.71. The maximum atomic E-state index is 13.3. The number of nitrogens with one attached hydrogen (secondary N) is 3. The van der Waals surface area contributed by atoms with Crippen molar-refractivity contribution < 1.29 is 9.59 Å². The number of allylic oxidation sites excluding steroid dienone is 4. The fourth-order valence-corrected chi connectivity index (χ4v) is 3.94. The number of carbonyl (C=O) groups excluding carboxylic acids is 2. The summed E-state index contributed by atoms with van der Waals surface area (Å²) in [5, 5.41) is 3.12. The van der Waals surface area contributed by atoms with Crippen molar-refractivity contribution in [1.82, 2.24) is 20.2 Å². The van der Waals surface area contributed by atoms with Gasteiger partial charge in [0.15, 0.2) is 11.6 Å². The van der Waals surface area contributed by atoms with Gasteiger partial charge in [-0.25, -0.2) is 0 Å². The zero-order valence-corrected chi connectivity index (χ0v) is 17.1. The Labute approximate surface area is 170 Å². The lowest BCUT2D eigenvalue weighted by atomic mass is 9.85. The molecule has 0 amide bonds. The van der Waals surface area contributed by atoms with Crippen molar-refractivity contribution in [3.8, 4) is 0 Å². The largest absolute Gasteiger partial charge is 0.361 e. The molecule has 150 valence electrons. The fourth-order valence-electron chi connectivity index (χ4n) is 3.94. The van der Waals surface area contributed by atoms with E-state index in [-0.39, 0.29) is 11.6 Å². The second kappa shape index (κ2) is 7.81. The number of H-pyrrole nitrogens is 2. The van der Waals surface area contributed by atoms with Crippen LogP contribution in [0.5, 0.6) is 0 Å². The molecule has 4 rings (SSSR count). The number of rotatable bonds is 6. The van der Waals surface area contributed by atoms with Gasteiger partial charge in [-0.2, -0.15) is 0 Å². The molecule has 6 nitrogen and oxygen atoms in total. The van der Waals surface area contributed by atoms with Crippen LogP contribution in [0.25, 0.3) is 12.2 Å². The van der Waals surface area contributed by atoms with Gasteiger partial charge in [-0.05, 0) is 76.0 Å². The number of aromatic nitrogens is 2. The van der Waals surface area contributed by atoms with E-state index in [1.807, 2.05) is 45.7 Å². The summed E-state index contributed by atoms with van der Waals surface area (Å²) in [7, 11) is 5.92. The first-order chi connectivity index (χ1) is 14.0. The Morgan fingerprint density at radius 2 is 1.34 bits per heavy atom. The summed E-state index contributed by atoms with van der Waals surface area (Å²) in [6.45, 7) is 1.64. The van der Waals surface area contributed by atoms with Crippen molar-refractivity contribution in [2.45, 2.75) is 12.8 Å². The molecule has 2 heterocycles. The summed E-state index contributed by atoms with van der Waals surface area (Å²) in [5.41, 5.74) is 5.90. The molecule has 2 aromatic heterocycles. The van der Waals surface area contributed by atoms with Gasteiger partial charge in [0.1, 0.15) is 0 Å². The molecule has 0 spiro atoms. The van der Waals surface area contributed by atoms with Crippen molar-refractivity contribution in [2.75, 3.05) is 34.2 Å². The second-order valence-electron chi connectivity index (χ2n) is 7.76. The number of likely N-dealkylation sites (N-methyl/N-ethyl adjacent to an activating group) is 2. The Morgan fingerprint density at radius 3 is 1.83 bits per heavy atom. The minimum Gasteiger partial charge on any atom is -0.361 e. The highest BCUT2D eigenvalue weighted by molar-refractivity contribution is 6.25. The van der Waals surface area contributed by atoms with E-state index in [0.29, 0.717) is 22.3 Å². The molecule has 0 fully saturated rings. The summed E-state index contributed by atoms with van der Waals surface area (Å²) in [6, 6.07) is 0. The molecule has 0 aliphatic heterocycles. The molecule has 0 unspecified atom stereocenters. The van der Waals surface area contributed by atoms with Crippen LogP contribution >= 0.6 is 0 Å². The monoisotopic (exact) mass is 390 g/mol. The van der Waals surface area contributed by atoms with Crippen molar-refractivity contribution in [3.05, 3.63) is 69.3 Å². The third-order valence-electron chi connectivity index (χ3n) is 5.52. The summed E-state index contributed by atoms with van der Waals surface area (Å²) in [4.78, 5) is 35.1. The van der Waals surface area contributed by atoms with Crippen LogP contribution in [0, 0.1) is 0 Å². The fraction of sp³-hybridized carbons (Fsp3) is 0.304. The molecule has 0 saturated heterocycles. The highest BCUT2D eigenvalue weighted by atomic mass is 16.1. The van der Waals surface area contributed by atoms with Crippen LogP contribution in [0.1, 0.15) is 43.2 Å². The summed E-state index contributed by atoms with van der Waals surface area (Å²) in [5.74, 6) is -0.169. The van der Waals surface area contributed by atoms with Crippen LogP contribution < -0.4 is 5.32 Å². The van der Waals surface area contributed by atoms with Gasteiger partial charge in [0.2, 0.25) is 0 Å². The van der Waals surface area contributed by atoms with E-state index in [2.05, 4.69) is 20.2 Å². The third kappa shape index (κ3) is 3.45. The van der Waals surface area contributed by atoms with Gasteiger partial charge in [0, 0.05) is 41.5 Å². The van der Waals surface area contributed by atoms with Gasteiger partial charge < -0.3 is 20.2 Å². The summed E-state index contributed by atoms with van der Waals surface area (Å²) < 4.78 is 0. The average Bonchev–Trinajstić information content (AvgIpc) is 3.30. The quantitative estimate of drug-likeness (QED) is 0.663. The van der Waals surface area contributed by atoms with Gasteiger partial charge in [-0.1, -0.05) is 0 Å². The Kier molecular flexibility index (Phi) is 5.22. The smallest absolute Gasteiger partial charge is 0.196 e. The lowest BCUT2D eigenvalue weighted by molar-refractivity contribution is 0.100. The van der Waals surface area contributed by atoms with Crippen LogP contribution in [0.15, 0.2) is 35.7 Å². The molecule has 2 aliphatic carbocycles. The number of Topliss-reactive ketones (excluding diaryl/α,β-unsaturated/α-hetero) is 2. The minimum absolute atomic E-state index is 0.0822. The van der Waals surface area contributed by atoms with Gasteiger partial charge in [0.05, 0.1) is 11.1 Å².